The van der Waals surface area contributed by atoms with Crippen molar-refractivity contribution in [2.75, 3.05) is 7.05 Å². The molecule has 76 valence electrons. The van der Waals surface area contributed by atoms with Crippen LogP contribution in [0, 0.1) is 5.41 Å². The summed E-state index contributed by atoms with van der Waals surface area (Å²) in [5.74, 6) is -1.81. The first kappa shape index (κ1) is 12.7. The molecule has 13 heavy (non-hydrogen) atoms. The van der Waals surface area contributed by atoms with Crippen molar-refractivity contribution in [1.29, 1.82) is 5.41 Å². The second-order valence-corrected chi connectivity index (χ2v) is 3.66. The molecule has 0 rings (SSSR count). The minimum absolute atomic E-state index is 0.359. The maximum Gasteiger partial charge on any atom is 0.201 e. The van der Waals surface area contributed by atoms with Crippen molar-refractivity contribution in [1.82, 2.24) is 4.90 Å². The number of likely N-dealkylation sites (N-methyl/N-ethyl adjacent to an activating group) is 1. The molecule has 1 unspecified atom stereocenters. The highest BCUT2D eigenvalue weighted by Gasteiger charge is 2.27. The van der Waals surface area contributed by atoms with Crippen molar-refractivity contribution >= 4 is 28.5 Å². The lowest BCUT2D eigenvalue weighted by Crippen LogP contribution is -2.40. The van der Waals surface area contributed by atoms with Crippen molar-refractivity contribution < 1.29 is 4.39 Å². The van der Waals surface area contributed by atoms with Crippen LogP contribution in [0.2, 0.25) is 0 Å². The van der Waals surface area contributed by atoms with Gasteiger partial charge >= 0.3 is 0 Å². The number of amidine groups is 1. The second-order valence-electron chi connectivity index (χ2n) is 2.82. The molecule has 0 amide bonds. The topological polar surface area (TPSA) is 27.1 Å². The predicted octanol–water partition coefficient (Wildman–Crippen LogP) is 3.31. The molecular weight excluding hydrogens is 214 g/mol. The quantitative estimate of drug-likeness (QED) is 0.447. The molecular formula is C8H13Cl2FN2. The Kier molecular flexibility index (Phi) is 4.71. The number of nitrogens with one attached hydrogen (secondary N) is 1. The van der Waals surface area contributed by atoms with Crippen molar-refractivity contribution in [3.63, 3.8) is 0 Å². The number of nitrogens with zero attached hydrogens (tertiary/aromatic N) is 1. The molecule has 1 N–H and O–H groups in total. The van der Waals surface area contributed by atoms with Gasteiger partial charge in [0.2, 0.25) is 5.79 Å². The monoisotopic (exact) mass is 226 g/mol. The van der Waals surface area contributed by atoms with Gasteiger partial charge in [-0.05, 0) is 31.0 Å². The second kappa shape index (κ2) is 4.82. The van der Waals surface area contributed by atoms with E-state index in [1.807, 2.05) is 6.92 Å². The average molecular weight is 227 g/mol. The van der Waals surface area contributed by atoms with Crippen LogP contribution in [0.1, 0.15) is 20.3 Å². The van der Waals surface area contributed by atoms with Crippen LogP contribution in [0.5, 0.6) is 0 Å². The van der Waals surface area contributed by atoms with Crippen LogP contribution in [0.4, 0.5) is 4.39 Å². The van der Waals surface area contributed by atoms with Gasteiger partial charge < -0.3 is 4.90 Å². The van der Waals surface area contributed by atoms with Crippen molar-refractivity contribution in [3.8, 4) is 0 Å². The lowest BCUT2D eigenvalue weighted by atomic mass is 10.2. The molecule has 2 nitrogen and oxygen atoms in total. The summed E-state index contributed by atoms with van der Waals surface area (Å²) in [6.45, 7) is 3.11. The van der Waals surface area contributed by atoms with E-state index in [-0.39, 0.29) is 5.29 Å². The first-order chi connectivity index (χ1) is 5.81. The van der Waals surface area contributed by atoms with Crippen LogP contribution < -0.4 is 0 Å². The molecule has 0 aliphatic carbocycles. The molecule has 1 atom stereocenters. The van der Waals surface area contributed by atoms with Gasteiger partial charge in [0.25, 0.3) is 0 Å². The Morgan fingerprint density at radius 1 is 1.62 bits per heavy atom. The lowest BCUT2D eigenvalue weighted by Gasteiger charge is -2.28. The molecule has 0 bridgehead atoms. The van der Waals surface area contributed by atoms with E-state index in [2.05, 4.69) is 0 Å². The largest absolute Gasteiger partial charge is 0.315 e. The van der Waals surface area contributed by atoms with Crippen LogP contribution in [-0.2, 0) is 0 Å². The normalized spacial score (nSPS) is 16.6. The summed E-state index contributed by atoms with van der Waals surface area (Å²) in [5, 5.41) is 7.09. The number of rotatable bonds is 3. The number of alkyl halides is 1. The summed E-state index contributed by atoms with van der Waals surface area (Å²) in [7, 11) is 1.39. The Morgan fingerprint density at radius 2 is 2.08 bits per heavy atom. The number of halogens is 3. The van der Waals surface area contributed by atoms with E-state index in [0.717, 1.165) is 4.90 Å². The maximum atomic E-state index is 13.7. The molecule has 5 heteroatoms. The molecule has 0 aliphatic rings. The van der Waals surface area contributed by atoms with Gasteiger partial charge in [-0.2, -0.15) is 0 Å². The maximum absolute atomic E-state index is 13.7. The van der Waals surface area contributed by atoms with E-state index in [1.165, 1.54) is 20.0 Å². The van der Waals surface area contributed by atoms with Gasteiger partial charge in [0.1, 0.15) is 0 Å². The third-order valence-corrected chi connectivity index (χ3v) is 2.34. The predicted molar refractivity (Wildman–Crippen MR) is 55.1 cm³/mol. The Morgan fingerprint density at radius 3 is 2.38 bits per heavy atom. The minimum atomic E-state index is -1.81. The van der Waals surface area contributed by atoms with Gasteiger partial charge in [-0.3, -0.25) is 5.41 Å². The Labute approximate surface area is 87.8 Å². The average Bonchev–Trinajstić information content (AvgIpc) is 2.01. The highest BCUT2D eigenvalue weighted by molar-refractivity contribution is 6.63. The first-order valence-electron chi connectivity index (χ1n) is 3.85. The molecule has 0 aromatic heterocycles. The van der Waals surface area contributed by atoms with Crippen LogP contribution in [0.3, 0.4) is 0 Å². The van der Waals surface area contributed by atoms with Crippen LogP contribution in [-0.4, -0.2) is 23.0 Å². The molecule has 0 fully saturated rings. The summed E-state index contributed by atoms with van der Waals surface area (Å²) < 4.78 is 13.7. The molecule has 0 spiro atoms. The van der Waals surface area contributed by atoms with E-state index < -0.39 is 5.79 Å². The molecule has 0 aliphatic heterocycles. The molecule has 0 aromatic rings. The third-order valence-electron chi connectivity index (χ3n) is 1.71. The smallest absolute Gasteiger partial charge is 0.201 e. The zero-order valence-corrected chi connectivity index (χ0v) is 9.38. The van der Waals surface area contributed by atoms with Crippen molar-refractivity contribution in [3.05, 3.63) is 11.1 Å². The molecule has 0 heterocycles. The van der Waals surface area contributed by atoms with E-state index in [1.54, 1.807) is 0 Å². The van der Waals surface area contributed by atoms with Gasteiger partial charge in [-0.1, -0.05) is 18.5 Å². The Bertz CT molecular complexity index is 226. The zero-order valence-electron chi connectivity index (χ0n) is 7.87. The lowest BCUT2D eigenvalue weighted by molar-refractivity contribution is 0.112. The third kappa shape index (κ3) is 3.96. The highest BCUT2D eigenvalue weighted by Crippen LogP contribution is 2.22. The molecule has 0 aromatic carbocycles. The Hall–Kier alpha value is -0.280. The molecule has 0 radical (unpaired) electrons. The van der Waals surface area contributed by atoms with E-state index in [4.69, 9.17) is 28.6 Å². The van der Waals surface area contributed by atoms with Gasteiger partial charge in [-0.25, -0.2) is 4.39 Å². The van der Waals surface area contributed by atoms with Crippen LogP contribution in [0.15, 0.2) is 11.1 Å². The van der Waals surface area contributed by atoms with E-state index in [0.29, 0.717) is 11.5 Å². The van der Waals surface area contributed by atoms with Crippen molar-refractivity contribution in [2.45, 2.75) is 26.1 Å². The SMILES string of the molecule is CC/C(Cl)=C\C(C)(F)N(C)C(=N)Cl. The summed E-state index contributed by atoms with van der Waals surface area (Å²) in [4.78, 5) is 0.993. The fourth-order valence-electron chi connectivity index (χ4n) is 0.677. The van der Waals surface area contributed by atoms with Gasteiger partial charge in [-0.15, -0.1) is 0 Å². The van der Waals surface area contributed by atoms with E-state index in [9.17, 15) is 4.39 Å². The summed E-state index contributed by atoms with van der Waals surface area (Å²) in [6, 6.07) is 0. The van der Waals surface area contributed by atoms with E-state index >= 15 is 0 Å². The zero-order chi connectivity index (χ0) is 10.6. The van der Waals surface area contributed by atoms with Crippen molar-refractivity contribution in [2.24, 2.45) is 0 Å². The summed E-state index contributed by atoms with van der Waals surface area (Å²) in [5.41, 5.74) is 0. The standard InChI is InChI=1S/C8H13Cl2FN2/c1-4-6(9)5-8(2,11)13(3)7(10)12/h5,12H,4H2,1-3H3/b6-5+,12-7?. The van der Waals surface area contributed by atoms with Gasteiger partial charge in [0.15, 0.2) is 5.29 Å². The molecule has 0 saturated carbocycles. The van der Waals surface area contributed by atoms with Crippen LogP contribution >= 0.6 is 23.2 Å². The first-order valence-corrected chi connectivity index (χ1v) is 4.61. The summed E-state index contributed by atoms with van der Waals surface area (Å²) >= 11 is 11.0. The van der Waals surface area contributed by atoms with Crippen LogP contribution in [0.25, 0.3) is 0 Å². The number of hydrogen-bond donors (Lipinski definition) is 1. The number of hydrogen-bond acceptors (Lipinski definition) is 1. The molecule has 0 saturated heterocycles. The Balaban J connectivity index is 4.66. The summed E-state index contributed by atoms with van der Waals surface area (Å²) in [6.07, 6.45) is 1.80. The minimum Gasteiger partial charge on any atom is -0.315 e. The van der Waals surface area contributed by atoms with Gasteiger partial charge in [0, 0.05) is 12.1 Å². The van der Waals surface area contributed by atoms with Gasteiger partial charge in [0.05, 0.1) is 0 Å². The fourth-order valence-corrected chi connectivity index (χ4v) is 1.04. The fraction of sp³-hybridized carbons (Fsp3) is 0.625. The highest BCUT2D eigenvalue weighted by atomic mass is 35.5. The number of allylic oxidation sites excluding steroid dienone is 1.